The van der Waals surface area contributed by atoms with Gasteiger partial charge in [0.25, 0.3) is 0 Å². The standard InChI is InChI=1S/C14H19N3.C3H8/c1-11-5-6-13-14(8-11)17(10-15-13)12-4-3-7-16(2)9-12;1-3-2/h5-6,8,10,12H,3-4,7,9H2,1-2H3;3H2,1-2H3. The van der Waals surface area contributed by atoms with Gasteiger partial charge in [-0.25, -0.2) is 4.98 Å². The second-order valence-electron chi connectivity index (χ2n) is 5.91. The van der Waals surface area contributed by atoms with Crippen LogP contribution in [0.4, 0.5) is 0 Å². The minimum atomic E-state index is 0.584. The first kappa shape index (κ1) is 15.0. The van der Waals surface area contributed by atoms with Gasteiger partial charge in [0, 0.05) is 12.6 Å². The summed E-state index contributed by atoms with van der Waals surface area (Å²) in [6.07, 6.45) is 5.81. The van der Waals surface area contributed by atoms with Crippen LogP contribution in [0.5, 0.6) is 0 Å². The number of hydrogen-bond donors (Lipinski definition) is 0. The summed E-state index contributed by atoms with van der Waals surface area (Å²) >= 11 is 0. The Labute approximate surface area is 122 Å². The van der Waals surface area contributed by atoms with Crippen molar-refractivity contribution in [3.63, 3.8) is 0 Å². The number of aromatic nitrogens is 2. The van der Waals surface area contributed by atoms with Crippen LogP contribution in [0.15, 0.2) is 24.5 Å². The highest BCUT2D eigenvalue weighted by Crippen LogP contribution is 2.25. The summed E-state index contributed by atoms with van der Waals surface area (Å²) in [5, 5.41) is 0. The SMILES string of the molecule is CCC.Cc1ccc2ncn(C3CCCN(C)C3)c2c1. The van der Waals surface area contributed by atoms with Crippen LogP contribution in [0.1, 0.15) is 44.7 Å². The summed E-state index contributed by atoms with van der Waals surface area (Å²) in [4.78, 5) is 6.92. The summed E-state index contributed by atoms with van der Waals surface area (Å²) in [5.74, 6) is 0. The Hall–Kier alpha value is -1.35. The molecule has 1 aliphatic heterocycles. The molecule has 110 valence electrons. The molecular weight excluding hydrogens is 246 g/mol. The van der Waals surface area contributed by atoms with Crippen LogP contribution in [-0.2, 0) is 0 Å². The molecule has 0 aliphatic carbocycles. The Morgan fingerprint density at radius 3 is 2.75 bits per heavy atom. The van der Waals surface area contributed by atoms with Gasteiger partial charge in [-0.05, 0) is 51.1 Å². The predicted octanol–water partition coefficient (Wildman–Crippen LogP) is 4.03. The molecule has 1 unspecified atom stereocenters. The van der Waals surface area contributed by atoms with Crippen LogP contribution in [0, 0.1) is 6.92 Å². The molecule has 3 nitrogen and oxygen atoms in total. The number of benzene rings is 1. The van der Waals surface area contributed by atoms with E-state index in [1.165, 1.54) is 36.9 Å². The van der Waals surface area contributed by atoms with Crippen LogP contribution in [0.3, 0.4) is 0 Å². The lowest BCUT2D eigenvalue weighted by Crippen LogP contribution is -2.33. The molecule has 1 fully saturated rings. The summed E-state index contributed by atoms with van der Waals surface area (Å²) < 4.78 is 2.36. The quantitative estimate of drug-likeness (QED) is 0.782. The van der Waals surface area contributed by atoms with E-state index < -0.39 is 0 Å². The third-order valence-corrected chi connectivity index (χ3v) is 3.72. The first-order valence-electron chi connectivity index (χ1n) is 7.77. The number of likely N-dealkylation sites (N-methyl/N-ethyl adjacent to an activating group) is 1. The Morgan fingerprint density at radius 1 is 1.30 bits per heavy atom. The average Bonchev–Trinajstić information content (AvgIpc) is 2.82. The van der Waals surface area contributed by atoms with E-state index in [0.717, 1.165) is 12.1 Å². The fraction of sp³-hybridized carbons (Fsp3) is 0.588. The molecule has 3 rings (SSSR count). The molecule has 0 radical (unpaired) electrons. The molecule has 0 bridgehead atoms. The molecule has 2 heterocycles. The number of likely N-dealkylation sites (tertiary alicyclic amines) is 1. The first-order valence-corrected chi connectivity index (χ1v) is 7.77. The third kappa shape index (κ3) is 3.40. The minimum Gasteiger partial charge on any atom is -0.326 e. The van der Waals surface area contributed by atoms with E-state index in [0.29, 0.717) is 6.04 Å². The highest BCUT2D eigenvalue weighted by atomic mass is 15.2. The van der Waals surface area contributed by atoms with Crippen molar-refractivity contribution >= 4 is 11.0 Å². The molecule has 20 heavy (non-hydrogen) atoms. The van der Waals surface area contributed by atoms with Gasteiger partial charge in [0.05, 0.1) is 17.4 Å². The molecule has 1 aromatic carbocycles. The number of aryl methyl sites for hydroxylation is 1. The van der Waals surface area contributed by atoms with Gasteiger partial charge in [0.1, 0.15) is 0 Å². The summed E-state index contributed by atoms with van der Waals surface area (Å²) in [5.41, 5.74) is 3.71. The van der Waals surface area contributed by atoms with E-state index in [1.54, 1.807) is 0 Å². The molecule has 1 aliphatic rings. The molecule has 1 aromatic heterocycles. The first-order chi connectivity index (χ1) is 9.65. The number of imidazole rings is 1. The van der Waals surface area contributed by atoms with Crippen molar-refractivity contribution in [1.82, 2.24) is 14.5 Å². The number of hydrogen-bond acceptors (Lipinski definition) is 2. The largest absolute Gasteiger partial charge is 0.326 e. The van der Waals surface area contributed by atoms with Gasteiger partial charge in [-0.2, -0.15) is 0 Å². The van der Waals surface area contributed by atoms with Crippen molar-refractivity contribution in [2.24, 2.45) is 0 Å². The van der Waals surface area contributed by atoms with Gasteiger partial charge in [-0.1, -0.05) is 26.3 Å². The van der Waals surface area contributed by atoms with Gasteiger partial charge >= 0.3 is 0 Å². The molecule has 0 spiro atoms. The van der Waals surface area contributed by atoms with Gasteiger partial charge in [-0.3, -0.25) is 0 Å². The van der Waals surface area contributed by atoms with Crippen molar-refractivity contribution in [1.29, 1.82) is 0 Å². The van der Waals surface area contributed by atoms with E-state index in [4.69, 9.17) is 0 Å². The van der Waals surface area contributed by atoms with Crippen molar-refractivity contribution in [3.05, 3.63) is 30.1 Å². The van der Waals surface area contributed by atoms with Gasteiger partial charge < -0.3 is 9.47 Å². The molecule has 0 N–H and O–H groups in total. The van der Waals surface area contributed by atoms with Gasteiger partial charge in [-0.15, -0.1) is 0 Å². The molecule has 2 aromatic rings. The van der Waals surface area contributed by atoms with Crippen molar-refractivity contribution in [2.75, 3.05) is 20.1 Å². The fourth-order valence-electron chi connectivity index (χ4n) is 2.79. The van der Waals surface area contributed by atoms with Gasteiger partial charge in [0.15, 0.2) is 0 Å². The molecule has 0 amide bonds. The van der Waals surface area contributed by atoms with E-state index >= 15 is 0 Å². The molecule has 1 saturated heterocycles. The smallest absolute Gasteiger partial charge is 0.0961 e. The maximum absolute atomic E-state index is 4.50. The topological polar surface area (TPSA) is 21.1 Å². The number of piperidine rings is 1. The second-order valence-corrected chi connectivity index (χ2v) is 5.91. The average molecular weight is 273 g/mol. The minimum absolute atomic E-state index is 0.584. The zero-order chi connectivity index (χ0) is 14.5. The lowest BCUT2D eigenvalue weighted by molar-refractivity contribution is 0.214. The Morgan fingerprint density at radius 2 is 2.05 bits per heavy atom. The molecule has 0 saturated carbocycles. The maximum atomic E-state index is 4.50. The Kier molecular flexibility index (Phi) is 5.18. The van der Waals surface area contributed by atoms with E-state index in [-0.39, 0.29) is 0 Å². The van der Waals surface area contributed by atoms with Crippen molar-refractivity contribution in [3.8, 4) is 0 Å². The third-order valence-electron chi connectivity index (χ3n) is 3.72. The monoisotopic (exact) mass is 273 g/mol. The molecule has 1 atom stereocenters. The second kappa shape index (κ2) is 6.89. The highest BCUT2D eigenvalue weighted by Gasteiger charge is 2.20. The number of nitrogens with zero attached hydrogens (tertiary/aromatic N) is 3. The predicted molar refractivity (Wildman–Crippen MR) is 86.2 cm³/mol. The summed E-state index contributed by atoms with van der Waals surface area (Å²) in [7, 11) is 2.20. The molecule has 3 heteroatoms. The lowest BCUT2D eigenvalue weighted by Gasteiger charge is -2.30. The number of fused-ring (bicyclic) bond motifs is 1. The number of rotatable bonds is 1. The van der Waals surface area contributed by atoms with E-state index in [1.807, 2.05) is 6.33 Å². The van der Waals surface area contributed by atoms with Crippen LogP contribution < -0.4 is 0 Å². The van der Waals surface area contributed by atoms with Crippen LogP contribution in [0.2, 0.25) is 0 Å². The Bertz CT molecular complexity index is 544. The zero-order valence-electron chi connectivity index (χ0n) is 13.3. The fourth-order valence-corrected chi connectivity index (χ4v) is 2.79. The van der Waals surface area contributed by atoms with E-state index in [9.17, 15) is 0 Å². The zero-order valence-corrected chi connectivity index (χ0v) is 13.3. The normalized spacial score (nSPS) is 19.7. The van der Waals surface area contributed by atoms with Crippen molar-refractivity contribution in [2.45, 2.75) is 46.1 Å². The maximum Gasteiger partial charge on any atom is 0.0961 e. The van der Waals surface area contributed by atoms with Crippen LogP contribution >= 0.6 is 0 Å². The summed E-state index contributed by atoms with van der Waals surface area (Å²) in [6.45, 7) is 8.76. The van der Waals surface area contributed by atoms with Gasteiger partial charge in [0.2, 0.25) is 0 Å². The lowest BCUT2D eigenvalue weighted by atomic mass is 10.1. The Balaban J connectivity index is 0.000000452. The molecular formula is C17H27N3. The van der Waals surface area contributed by atoms with Crippen molar-refractivity contribution < 1.29 is 0 Å². The van der Waals surface area contributed by atoms with Crippen LogP contribution in [0.25, 0.3) is 11.0 Å². The summed E-state index contributed by atoms with van der Waals surface area (Å²) in [6, 6.07) is 7.08. The van der Waals surface area contributed by atoms with E-state index in [2.05, 4.69) is 60.5 Å². The highest BCUT2D eigenvalue weighted by molar-refractivity contribution is 5.76. The van der Waals surface area contributed by atoms with Crippen LogP contribution in [-0.4, -0.2) is 34.6 Å².